The quantitative estimate of drug-likeness (QED) is 0.502. The summed E-state index contributed by atoms with van der Waals surface area (Å²) in [6.45, 7) is 6.63. The van der Waals surface area contributed by atoms with Gasteiger partial charge < -0.3 is 15.5 Å². The van der Waals surface area contributed by atoms with Crippen LogP contribution in [0.2, 0.25) is 0 Å². The summed E-state index contributed by atoms with van der Waals surface area (Å²) in [4.78, 5) is 19.6. The van der Waals surface area contributed by atoms with Gasteiger partial charge in [-0.3, -0.25) is 9.36 Å². The molecule has 3 aromatic rings. The first-order valence-corrected chi connectivity index (χ1v) is 13.6. The second kappa shape index (κ2) is 10.8. The Morgan fingerprint density at radius 3 is 2.66 bits per heavy atom. The van der Waals surface area contributed by atoms with Crippen molar-refractivity contribution in [3.05, 3.63) is 47.9 Å². The van der Waals surface area contributed by atoms with Gasteiger partial charge in [-0.2, -0.15) is 0 Å². The molecule has 0 bridgehead atoms. The second-order valence-corrected chi connectivity index (χ2v) is 10.9. The molecule has 186 valence electrons. The lowest BCUT2D eigenvalue weighted by Gasteiger charge is -2.34. The van der Waals surface area contributed by atoms with Gasteiger partial charge in [-0.25, -0.2) is 4.98 Å². The highest BCUT2D eigenvalue weighted by atomic mass is 32.1. The minimum absolute atomic E-state index is 0.102. The van der Waals surface area contributed by atoms with Crippen molar-refractivity contribution in [1.29, 1.82) is 0 Å². The van der Waals surface area contributed by atoms with E-state index in [2.05, 4.69) is 54.3 Å². The van der Waals surface area contributed by atoms with Crippen molar-refractivity contribution in [2.75, 3.05) is 23.3 Å². The summed E-state index contributed by atoms with van der Waals surface area (Å²) in [6.07, 6.45) is 10.5. The smallest absolute Gasteiger partial charge is 0.223 e. The zero-order valence-electron chi connectivity index (χ0n) is 20.6. The molecule has 2 N–H and O–H groups in total. The maximum absolute atomic E-state index is 12.9. The SMILES string of the molecule is Cc1ccc(NCc2cccn2-c2nnc(N3CCC(C(=O)NC4CCCCC4C)CC3)s2)nc1. The van der Waals surface area contributed by atoms with Gasteiger partial charge >= 0.3 is 0 Å². The number of amides is 1. The molecule has 9 heteroatoms. The maximum Gasteiger partial charge on any atom is 0.223 e. The van der Waals surface area contributed by atoms with E-state index in [9.17, 15) is 4.79 Å². The van der Waals surface area contributed by atoms with Gasteiger partial charge in [-0.1, -0.05) is 37.2 Å². The third kappa shape index (κ3) is 5.66. The van der Waals surface area contributed by atoms with Crippen LogP contribution in [0.15, 0.2) is 36.7 Å². The first-order chi connectivity index (χ1) is 17.1. The fraction of sp³-hybridized carbons (Fsp3) is 0.538. The van der Waals surface area contributed by atoms with E-state index in [4.69, 9.17) is 0 Å². The molecule has 3 aromatic heterocycles. The number of carbonyl (C=O) groups excluding carboxylic acids is 1. The van der Waals surface area contributed by atoms with E-state index in [-0.39, 0.29) is 11.8 Å². The van der Waals surface area contributed by atoms with Gasteiger partial charge in [0.15, 0.2) is 0 Å². The molecule has 1 saturated heterocycles. The fourth-order valence-electron chi connectivity index (χ4n) is 5.10. The first kappa shape index (κ1) is 23.8. The number of nitrogens with one attached hydrogen (secondary N) is 2. The third-order valence-corrected chi connectivity index (χ3v) is 8.36. The number of hydrogen-bond donors (Lipinski definition) is 2. The molecule has 5 rings (SSSR count). The minimum Gasteiger partial charge on any atom is -0.364 e. The summed E-state index contributed by atoms with van der Waals surface area (Å²) in [7, 11) is 0. The van der Waals surface area contributed by atoms with E-state index < -0.39 is 0 Å². The Hall–Kier alpha value is -2.94. The van der Waals surface area contributed by atoms with Crippen LogP contribution in [0.3, 0.4) is 0 Å². The average molecular weight is 494 g/mol. The molecule has 4 heterocycles. The van der Waals surface area contributed by atoms with Gasteiger partial charge in [0.05, 0.1) is 6.54 Å². The number of pyridine rings is 1. The summed E-state index contributed by atoms with van der Waals surface area (Å²) < 4.78 is 2.08. The highest BCUT2D eigenvalue weighted by Crippen LogP contribution is 2.30. The van der Waals surface area contributed by atoms with E-state index in [1.807, 2.05) is 31.5 Å². The lowest BCUT2D eigenvalue weighted by Crippen LogP contribution is -2.46. The number of aromatic nitrogens is 4. The topological polar surface area (TPSA) is 88.0 Å². The Bertz CT molecular complexity index is 1120. The van der Waals surface area contributed by atoms with Crippen molar-refractivity contribution in [2.45, 2.75) is 65.0 Å². The van der Waals surface area contributed by atoms with Gasteiger partial charge in [0, 0.05) is 43.1 Å². The number of anilines is 2. The Balaban J connectivity index is 1.15. The molecular formula is C26H35N7OS. The van der Waals surface area contributed by atoms with Crippen LogP contribution in [0.4, 0.5) is 10.9 Å². The van der Waals surface area contributed by atoms with Gasteiger partial charge in [-0.05, 0) is 62.3 Å². The van der Waals surface area contributed by atoms with Crippen molar-refractivity contribution >= 4 is 28.2 Å². The van der Waals surface area contributed by atoms with Crippen LogP contribution in [0.5, 0.6) is 0 Å². The minimum atomic E-state index is 0.102. The van der Waals surface area contributed by atoms with Crippen molar-refractivity contribution in [3.63, 3.8) is 0 Å². The molecule has 1 aliphatic carbocycles. The zero-order chi connectivity index (χ0) is 24.2. The van der Waals surface area contributed by atoms with E-state index in [1.54, 1.807) is 11.3 Å². The molecule has 35 heavy (non-hydrogen) atoms. The van der Waals surface area contributed by atoms with Crippen LogP contribution in [0, 0.1) is 18.8 Å². The van der Waals surface area contributed by atoms with Crippen molar-refractivity contribution in [2.24, 2.45) is 11.8 Å². The second-order valence-electron chi connectivity index (χ2n) is 9.95. The molecule has 2 unspecified atom stereocenters. The molecule has 2 aliphatic rings. The first-order valence-electron chi connectivity index (χ1n) is 12.8. The van der Waals surface area contributed by atoms with Crippen molar-refractivity contribution in [3.8, 4) is 5.13 Å². The molecule has 1 amide bonds. The number of nitrogens with zero attached hydrogens (tertiary/aromatic N) is 5. The average Bonchev–Trinajstić information content (AvgIpc) is 3.55. The molecule has 0 radical (unpaired) electrons. The van der Waals surface area contributed by atoms with Crippen LogP contribution >= 0.6 is 11.3 Å². The monoisotopic (exact) mass is 493 g/mol. The highest BCUT2D eigenvalue weighted by Gasteiger charge is 2.30. The number of aryl methyl sites for hydroxylation is 1. The van der Waals surface area contributed by atoms with Gasteiger partial charge in [0.2, 0.25) is 16.2 Å². The molecule has 1 aliphatic heterocycles. The van der Waals surface area contributed by atoms with Gasteiger partial charge in [0.1, 0.15) is 5.82 Å². The fourth-order valence-corrected chi connectivity index (χ4v) is 6.01. The summed E-state index contributed by atoms with van der Waals surface area (Å²) in [5, 5.41) is 17.5. The Kier molecular flexibility index (Phi) is 7.32. The maximum atomic E-state index is 12.9. The van der Waals surface area contributed by atoms with E-state index in [1.165, 1.54) is 19.3 Å². The van der Waals surface area contributed by atoms with Crippen LogP contribution in [-0.2, 0) is 11.3 Å². The zero-order valence-corrected chi connectivity index (χ0v) is 21.4. The normalized spacial score (nSPS) is 21.1. The van der Waals surface area contributed by atoms with Gasteiger partial charge in [-0.15, -0.1) is 10.2 Å². The molecule has 2 atom stereocenters. The predicted molar refractivity (Wildman–Crippen MR) is 140 cm³/mol. The molecule has 2 fully saturated rings. The molecule has 1 saturated carbocycles. The van der Waals surface area contributed by atoms with E-state index in [0.717, 1.165) is 59.7 Å². The lowest BCUT2D eigenvalue weighted by atomic mass is 9.85. The largest absolute Gasteiger partial charge is 0.364 e. The summed E-state index contributed by atoms with van der Waals surface area (Å²) in [5.41, 5.74) is 2.24. The number of hydrogen-bond acceptors (Lipinski definition) is 7. The van der Waals surface area contributed by atoms with Crippen LogP contribution in [-0.4, -0.2) is 44.8 Å². The van der Waals surface area contributed by atoms with Crippen LogP contribution in [0.1, 0.15) is 56.7 Å². The molecule has 0 spiro atoms. The number of piperidine rings is 1. The number of rotatable bonds is 7. The van der Waals surface area contributed by atoms with E-state index in [0.29, 0.717) is 18.5 Å². The van der Waals surface area contributed by atoms with E-state index >= 15 is 0 Å². The van der Waals surface area contributed by atoms with Crippen molar-refractivity contribution in [1.82, 2.24) is 25.1 Å². The van der Waals surface area contributed by atoms with Crippen LogP contribution in [0.25, 0.3) is 5.13 Å². The van der Waals surface area contributed by atoms with Crippen LogP contribution < -0.4 is 15.5 Å². The third-order valence-electron chi connectivity index (χ3n) is 7.38. The van der Waals surface area contributed by atoms with Gasteiger partial charge in [0.25, 0.3) is 0 Å². The Morgan fingerprint density at radius 1 is 1.09 bits per heavy atom. The highest BCUT2D eigenvalue weighted by molar-refractivity contribution is 7.17. The Morgan fingerprint density at radius 2 is 1.89 bits per heavy atom. The Labute approximate surface area is 211 Å². The predicted octanol–water partition coefficient (Wildman–Crippen LogP) is 4.56. The molecular weight excluding hydrogens is 458 g/mol. The summed E-state index contributed by atoms with van der Waals surface area (Å²) >= 11 is 1.60. The number of carbonyl (C=O) groups is 1. The van der Waals surface area contributed by atoms with Crippen molar-refractivity contribution < 1.29 is 4.79 Å². The standard InChI is InChI=1S/C26H35N7OS/c1-18-9-10-23(27-16-18)28-17-21-7-5-13-33(21)26-31-30-25(35-26)32-14-11-20(12-15-32)24(34)29-22-8-4-3-6-19(22)2/h5,7,9-10,13,16,19-20,22H,3-4,6,8,11-12,14-15,17H2,1-2H3,(H,27,28)(H,29,34). The summed E-state index contributed by atoms with van der Waals surface area (Å²) in [6, 6.07) is 8.50. The summed E-state index contributed by atoms with van der Waals surface area (Å²) in [5.74, 6) is 1.79. The lowest BCUT2D eigenvalue weighted by molar-refractivity contribution is -0.126. The molecule has 8 nitrogen and oxygen atoms in total. The molecule has 0 aromatic carbocycles.